The van der Waals surface area contributed by atoms with Gasteiger partial charge in [-0.05, 0) is 42.5 Å². The third-order valence-electron chi connectivity index (χ3n) is 4.63. The Morgan fingerprint density at radius 1 is 1.08 bits per heavy atom. The van der Waals surface area contributed by atoms with Crippen molar-refractivity contribution in [1.82, 2.24) is 15.6 Å². The van der Waals surface area contributed by atoms with E-state index in [0.717, 1.165) is 37.0 Å². The quantitative estimate of drug-likeness (QED) is 0.651. The van der Waals surface area contributed by atoms with Gasteiger partial charge in [-0.25, -0.2) is 4.98 Å². The minimum Gasteiger partial charge on any atom is -0.357 e. The SMILES string of the molecule is CN=C(NCc1ccc(N2CCCC2)nc1)NCc1ccccc1C. The van der Waals surface area contributed by atoms with Gasteiger partial charge in [-0.15, -0.1) is 0 Å². The molecule has 1 aromatic heterocycles. The number of nitrogens with one attached hydrogen (secondary N) is 2. The van der Waals surface area contributed by atoms with Crippen LogP contribution in [0.25, 0.3) is 0 Å². The van der Waals surface area contributed by atoms with Gasteiger partial charge in [0.2, 0.25) is 0 Å². The van der Waals surface area contributed by atoms with Crippen LogP contribution in [0.1, 0.15) is 29.5 Å². The zero-order valence-electron chi connectivity index (χ0n) is 15.1. The Kier molecular flexibility index (Phi) is 5.88. The molecule has 1 aromatic carbocycles. The Morgan fingerprint density at radius 2 is 1.84 bits per heavy atom. The topological polar surface area (TPSA) is 52.6 Å². The largest absolute Gasteiger partial charge is 0.357 e. The summed E-state index contributed by atoms with van der Waals surface area (Å²) in [5.41, 5.74) is 3.72. The normalized spacial score (nSPS) is 14.6. The summed E-state index contributed by atoms with van der Waals surface area (Å²) in [6.45, 7) is 5.85. The van der Waals surface area contributed by atoms with Crippen LogP contribution in [0.5, 0.6) is 0 Å². The first-order chi connectivity index (χ1) is 12.3. The molecule has 2 aromatic rings. The second-order valence-electron chi connectivity index (χ2n) is 6.42. The fraction of sp³-hybridized carbons (Fsp3) is 0.400. The van der Waals surface area contributed by atoms with E-state index in [-0.39, 0.29) is 0 Å². The van der Waals surface area contributed by atoms with Crippen molar-refractivity contribution >= 4 is 11.8 Å². The van der Waals surface area contributed by atoms with Crippen molar-refractivity contribution in [2.45, 2.75) is 32.9 Å². The van der Waals surface area contributed by atoms with Crippen LogP contribution in [0.2, 0.25) is 0 Å². The smallest absolute Gasteiger partial charge is 0.191 e. The molecule has 0 atom stereocenters. The lowest BCUT2D eigenvalue weighted by Crippen LogP contribution is -2.36. The second kappa shape index (κ2) is 8.51. The number of hydrogen-bond donors (Lipinski definition) is 2. The molecular weight excluding hydrogens is 310 g/mol. The van der Waals surface area contributed by atoms with E-state index in [4.69, 9.17) is 0 Å². The number of aromatic nitrogens is 1. The Labute approximate surface area is 150 Å². The summed E-state index contributed by atoms with van der Waals surface area (Å²) in [5.74, 6) is 1.88. The van der Waals surface area contributed by atoms with Gasteiger partial charge in [0.15, 0.2) is 5.96 Å². The van der Waals surface area contributed by atoms with Crippen LogP contribution >= 0.6 is 0 Å². The van der Waals surface area contributed by atoms with Crippen molar-refractivity contribution in [2.75, 3.05) is 25.0 Å². The summed E-state index contributed by atoms with van der Waals surface area (Å²) in [4.78, 5) is 11.2. The number of hydrogen-bond acceptors (Lipinski definition) is 3. The third kappa shape index (κ3) is 4.72. The molecule has 132 valence electrons. The van der Waals surface area contributed by atoms with Crippen molar-refractivity contribution in [1.29, 1.82) is 0 Å². The predicted octanol–water partition coefficient (Wildman–Crippen LogP) is 2.86. The molecule has 0 spiro atoms. The Balaban J connectivity index is 1.50. The predicted molar refractivity (Wildman–Crippen MR) is 104 cm³/mol. The number of aryl methyl sites for hydroxylation is 1. The van der Waals surface area contributed by atoms with Gasteiger partial charge in [0.25, 0.3) is 0 Å². The average molecular weight is 337 g/mol. The average Bonchev–Trinajstić information content (AvgIpc) is 3.18. The van der Waals surface area contributed by atoms with Crippen molar-refractivity contribution in [2.24, 2.45) is 4.99 Å². The molecule has 5 heteroatoms. The number of pyridine rings is 1. The molecule has 0 aliphatic carbocycles. The molecule has 0 amide bonds. The van der Waals surface area contributed by atoms with Crippen LogP contribution in [0.3, 0.4) is 0 Å². The molecular formula is C20H27N5. The van der Waals surface area contributed by atoms with Gasteiger partial charge in [-0.2, -0.15) is 0 Å². The van der Waals surface area contributed by atoms with E-state index < -0.39 is 0 Å². The van der Waals surface area contributed by atoms with Crippen molar-refractivity contribution in [3.8, 4) is 0 Å². The number of benzene rings is 1. The summed E-state index contributed by atoms with van der Waals surface area (Å²) >= 11 is 0. The van der Waals surface area contributed by atoms with E-state index in [1.54, 1.807) is 7.05 Å². The zero-order valence-corrected chi connectivity index (χ0v) is 15.1. The molecule has 2 N–H and O–H groups in total. The minimum atomic E-state index is 0.709. The van der Waals surface area contributed by atoms with Crippen LogP contribution in [0, 0.1) is 6.92 Å². The van der Waals surface area contributed by atoms with E-state index in [9.17, 15) is 0 Å². The summed E-state index contributed by atoms with van der Waals surface area (Å²) in [5, 5.41) is 6.71. The van der Waals surface area contributed by atoms with Gasteiger partial charge in [0.05, 0.1) is 0 Å². The Hall–Kier alpha value is -2.56. The molecule has 5 nitrogen and oxygen atoms in total. The summed E-state index contributed by atoms with van der Waals surface area (Å²) in [6.07, 6.45) is 4.50. The maximum absolute atomic E-state index is 4.60. The molecule has 1 saturated heterocycles. The lowest BCUT2D eigenvalue weighted by molar-refractivity contribution is 0.803. The van der Waals surface area contributed by atoms with Gasteiger partial charge in [0.1, 0.15) is 5.82 Å². The molecule has 1 aliphatic rings. The van der Waals surface area contributed by atoms with Crippen LogP contribution in [0.15, 0.2) is 47.6 Å². The fourth-order valence-corrected chi connectivity index (χ4v) is 3.05. The molecule has 25 heavy (non-hydrogen) atoms. The van der Waals surface area contributed by atoms with E-state index >= 15 is 0 Å². The molecule has 1 fully saturated rings. The molecule has 3 rings (SSSR count). The first-order valence-corrected chi connectivity index (χ1v) is 8.95. The maximum Gasteiger partial charge on any atom is 0.191 e. The first-order valence-electron chi connectivity index (χ1n) is 8.95. The van der Waals surface area contributed by atoms with Crippen LogP contribution < -0.4 is 15.5 Å². The van der Waals surface area contributed by atoms with Gasteiger partial charge in [-0.1, -0.05) is 30.3 Å². The van der Waals surface area contributed by atoms with Gasteiger partial charge in [0, 0.05) is 39.4 Å². The monoisotopic (exact) mass is 337 g/mol. The highest BCUT2D eigenvalue weighted by Crippen LogP contribution is 2.17. The molecule has 0 bridgehead atoms. The van der Waals surface area contributed by atoms with Crippen molar-refractivity contribution in [3.63, 3.8) is 0 Å². The highest BCUT2D eigenvalue weighted by molar-refractivity contribution is 5.79. The summed E-state index contributed by atoms with van der Waals surface area (Å²) < 4.78 is 0. The Morgan fingerprint density at radius 3 is 2.52 bits per heavy atom. The summed E-state index contributed by atoms with van der Waals surface area (Å²) in [7, 11) is 1.79. The molecule has 0 radical (unpaired) electrons. The molecule has 0 unspecified atom stereocenters. The van der Waals surface area contributed by atoms with Crippen molar-refractivity contribution in [3.05, 3.63) is 59.3 Å². The van der Waals surface area contributed by atoms with Crippen LogP contribution in [-0.2, 0) is 13.1 Å². The van der Waals surface area contributed by atoms with E-state index in [2.05, 4.69) is 68.8 Å². The highest BCUT2D eigenvalue weighted by Gasteiger charge is 2.12. The third-order valence-corrected chi connectivity index (χ3v) is 4.63. The zero-order chi connectivity index (χ0) is 17.5. The second-order valence-corrected chi connectivity index (χ2v) is 6.42. The molecule has 1 aliphatic heterocycles. The maximum atomic E-state index is 4.60. The number of rotatable bonds is 5. The lowest BCUT2D eigenvalue weighted by atomic mass is 10.1. The van der Waals surface area contributed by atoms with E-state index in [1.165, 1.54) is 24.0 Å². The number of anilines is 1. The molecule has 2 heterocycles. The number of aliphatic imine (C=N–C) groups is 1. The highest BCUT2D eigenvalue weighted by atomic mass is 15.2. The van der Waals surface area contributed by atoms with Crippen LogP contribution in [0.4, 0.5) is 5.82 Å². The van der Waals surface area contributed by atoms with E-state index in [0.29, 0.717) is 6.54 Å². The van der Waals surface area contributed by atoms with Gasteiger partial charge >= 0.3 is 0 Å². The summed E-state index contributed by atoms with van der Waals surface area (Å²) in [6, 6.07) is 12.6. The lowest BCUT2D eigenvalue weighted by Gasteiger charge is -2.17. The first kappa shape index (κ1) is 17.3. The Bertz CT molecular complexity index is 702. The van der Waals surface area contributed by atoms with Gasteiger partial charge < -0.3 is 15.5 Å². The number of nitrogens with zero attached hydrogens (tertiary/aromatic N) is 3. The van der Waals surface area contributed by atoms with Crippen LogP contribution in [-0.4, -0.2) is 31.1 Å². The van der Waals surface area contributed by atoms with Crippen molar-refractivity contribution < 1.29 is 0 Å². The molecule has 0 saturated carbocycles. The standard InChI is InChI=1S/C20H27N5/c1-16-7-3-4-8-18(16)15-24-20(21-2)23-14-17-9-10-19(22-13-17)25-11-5-6-12-25/h3-4,7-10,13H,5-6,11-12,14-15H2,1-2H3,(H2,21,23,24). The van der Waals surface area contributed by atoms with Gasteiger partial charge in [-0.3, -0.25) is 4.99 Å². The van der Waals surface area contributed by atoms with E-state index in [1.807, 2.05) is 6.20 Å². The minimum absolute atomic E-state index is 0.709. The fourth-order valence-electron chi connectivity index (χ4n) is 3.05. The number of guanidine groups is 1.